The molecule has 0 aromatic heterocycles. The zero-order chi connectivity index (χ0) is 24.6. The third-order valence-corrected chi connectivity index (χ3v) is 5.72. The van der Waals surface area contributed by atoms with E-state index in [4.69, 9.17) is 4.74 Å². The number of nitrogens with one attached hydrogen (secondary N) is 2. The van der Waals surface area contributed by atoms with E-state index in [0.717, 1.165) is 5.69 Å². The Hall–Kier alpha value is -4.17. The smallest absolute Gasteiger partial charge is 0.258 e. The summed E-state index contributed by atoms with van der Waals surface area (Å²) in [6, 6.07) is 23.3. The Morgan fingerprint density at radius 3 is 2.29 bits per heavy atom. The van der Waals surface area contributed by atoms with Gasteiger partial charge in [0.2, 0.25) is 5.91 Å². The summed E-state index contributed by atoms with van der Waals surface area (Å²) in [5.74, 6) is -0.424. The van der Waals surface area contributed by atoms with Gasteiger partial charge in [-0.1, -0.05) is 24.3 Å². The molecule has 1 aliphatic heterocycles. The minimum Gasteiger partial charge on any atom is -0.378 e. The second-order valence-corrected chi connectivity index (χ2v) is 8.16. The third kappa shape index (κ3) is 6.24. The molecule has 2 N–H and O–H groups in total. The fraction of sp³-hybridized carbons (Fsp3) is 0.222. The Kier molecular flexibility index (Phi) is 7.74. The topological polar surface area (TPSA) is 91.0 Å². The lowest BCUT2D eigenvalue weighted by molar-refractivity contribution is -0.114. The van der Waals surface area contributed by atoms with Crippen molar-refractivity contribution in [3.05, 3.63) is 90.0 Å². The maximum absolute atomic E-state index is 12.7. The molecule has 35 heavy (non-hydrogen) atoms. The van der Waals surface area contributed by atoms with Crippen molar-refractivity contribution in [2.45, 2.75) is 0 Å². The maximum Gasteiger partial charge on any atom is 0.258 e. The first-order valence-electron chi connectivity index (χ1n) is 11.5. The molecule has 8 nitrogen and oxygen atoms in total. The van der Waals surface area contributed by atoms with Gasteiger partial charge in [0.05, 0.1) is 19.8 Å². The van der Waals surface area contributed by atoms with Crippen LogP contribution in [0.15, 0.2) is 78.9 Å². The zero-order valence-electron chi connectivity index (χ0n) is 19.6. The molecule has 3 aromatic rings. The van der Waals surface area contributed by atoms with Gasteiger partial charge in [0, 0.05) is 48.3 Å². The van der Waals surface area contributed by atoms with E-state index in [1.807, 2.05) is 36.4 Å². The number of anilines is 3. The molecule has 0 unspecified atom stereocenters. The molecular weight excluding hydrogens is 444 g/mol. The van der Waals surface area contributed by atoms with Crippen LogP contribution in [0.4, 0.5) is 17.1 Å². The molecule has 1 fully saturated rings. The van der Waals surface area contributed by atoms with E-state index >= 15 is 0 Å². The minimum absolute atomic E-state index is 0.0344. The first kappa shape index (κ1) is 24.0. The molecule has 180 valence electrons. The number of ether oxygens (including phenoxy) is 1. The Morgan fingerprint density at radius 1 is 0.857 bits per heavy atom. The van der Waals surface area contributed by atoms with E-state index in [-0.39, 0.29) is 24.3 Å². The van der Waals surface area contributed by atoms with Gasteiger partial charge in [0.25, 0.3) is 11.8 Å². The highest BCUT2D eigenvalue weighted by atomic mass is 16.5. The van der Waals surface area contributed by atoms with Crippen molar-refractivity contribution in [2.75, 3.05) is 55.4 Å². The fourth-order valence-corrected chi connectivity index (χ4v) is 3.76. The number of morpholine rings is 1. The number of amides is 3. The lowest BCUT2D eigenvalue weighted by atomic mass is 10.1. The monoisotopic (exact) mass is 472 g/mol. The summed E-state index contributed by atoms with van der Waals surface area (Å²) in [5, 5.41) is 5.87. The van der Waals surface area contributed by atoms with Crippen LogP contribution in [0.25, 0.3) is 0 Å². The van der Waals surface area contributed by atoms with E-state index in [1.165, 1.54) is 0 Å². The number of para-hydroxylation sites is 1. The highest BCUT2D eigenvalue weighted by molar-refractivity contribution is 6.06. The van der Waals surface area contributed by atoms with Gasteiger partial charge in [-0.05, 0) is 54.6 Å². The largest absolute Gasteiger partial charge is 0.378 e. The molecule has 1 aliphatic rings. The Morgan fingerprint density at radius 2 is 1.57 bits per heavy atom. The molecule has 0 bridgehead atoms. The van der Waals surface area contributed by atoms with E-state index in [0.29, 0.717) is 48.8 Å². The van der Waals surface area contributed by atoms with E-state index in [9.17, 15) is 14.4 Å². The highest BCUT2D eigenvalue weighted by Crippen LogP contribution is 2.17. The van der Waals surface area contributed by atoms with Crippen LogP contribution in [-0.4, -0.2) is 62.5 Å². The lowest BCUT2D eigenvalue weighted by Gasteiger charge is -2.27. The Bertz CT molecular complexity index is 1180. The summed E-state index contributed by atoms with van der Waals surface area (Å²) in [7, 11) is 1.72. The summed E-state index contributed by atoms with van der Waals surface area (Å²) < 4.78 is 5.30. The van der Waals surface area contributed by atoms with E-state index in [2.05, 4.69) is 10.6 Å². The molecule has 3 aromatic carbocycles. The fourth-order valence-electron chi connectivity index (χ4n) is 3.76. The van der Waals surface area contributed by atoms with Crippen molar-refractivity contribution >= 4 is 34.8 Å². The second kappa shape index (κ2) is 11.3. The SMILES string of the molecule is CN(C(=O)c1ccc(NC(=O)CNc2cccc(C(=O)N3CCOCC3)c2)cc1)c1ccccc1. The van der Waals surface area contributed by atoms with Gasteiger partial charge in [-0.15, -0.1) is 0 Å². The summed E-state index contributed by atoms with van der Waals surface area (Å²) in [4.78, 5) is 41.1. The summed E-state index contributed by atoms with van der Waals surface area (Å²) >= 11 is 0. The quantitative estimate of drug-likeness (QED) is 0.549. The van der Waals surface area contributed by atoms with Gasteiger partial charge in [-0.3, -0.25) is 14.4 Å². The molecule has 4 rings (SSSR count). The van der Waals surface area contributed by atoms with Crippen LogP contribution in [0.5, 0.6) is 0 Å². The third-order valence-electron chi connectivity index (χ3n) is 5.72. The van der Waals surface area contributed by atoms with Crippen molar-refractivity contribution in [2.24, 2.45) is 0 Å². The number of hydrogen-bond acceptors (Lipinski definition) is 5. The van der Waals surface area contributed by atoms with E-state index in [1.54, 1.807) is 59.3 Å². The second-order valence-electron chi connectivity index (χ2n) is 8.16. The number of benzene rings is 3. The van der Waals surface area contributed by atoms with Crippen LogP contribution in [0, 0.1) is 0 Å². The molecule has 0 atom stereocenters. The summed E-state index contributed by atoms with van der Waals surface area (Å²) in [5.41, 5.74) is 3.17. The van der Waals surface area contributed by atoms with Crippen LogP contribution in [0.1, 0.15) is 20.7 Å². The number of carbonyl (C=O) groups excluding carboxylic acids is 3. The summed E-state index contributed by atoms with van der Waals surface area (Å²) in [6.45, 7) is 2.27. The van der Waals surface area contributed by atoms with Crippen LogP contribution >= 0.6 is 0 Å². The average molecular weight is 473 g/mol. The van der Waals surface area contributed by atoms with Crippen molar-refractivity contribution in [3.8, 4) is 0 Å². The zero-order valence-corrected chi connectivity index (χ0v) is 19.6. The number of hydrogen-bond donors (Lipinski definition) is 2. The molecule has 8 heteroatoms. The molecule has 0 aliphatic carbocycles. The van der Waals surface area contributed by atoms with Gasteiger partial charge in [-0.25, -0.2) is 0 Å². The van der Waals surface area contributed by atoms with Crippen LogP contribution < -0.4 is 15.5 Å². The summed E-state index contributed by atoms with van der Waals surface area (Å²) in [6.07, 6.45) is 0. The van der Waals surface area contributed by atoms with Gasteiger partial charge in [-0.2, -0.15) is 0 Å². The average Bonchev–Trinajstić information content (AvgIpc) is 2.92. The predicted octanol–water partition coefficient (Wildman–Crippen LogP) is 3.49. The molecular formula is C27H28N4O4. The Balaban J connectivity index is 1.30. The van der Waals surface area contributed by atoms with Crippen LogP contribution in [0.3, 0.4) is 0 Å². The van der Waals surface area contributed by atoms with Crippen molar-refractivity contribution < 1.29 is 19.1 Å². The lowest BCUT2D eigenvalue weighted by Crippen LogP contribution is -2.40. The number of rotatable bonds is 7. The first-order chi connectivity index (χ1) is 17.0. The number of nitrogens with zero attached hydrogens (tertiary/aromatic N) is 2. The predicted molar refractivity (Wildman–Crippen MR) is 136 cm³/mol. The highest BCUT2D eigenvalue weighted by Gasteiger charge is 2.19. The molecule has 0 radical (unpaired) electrons. The van der Waals surface area contributed by atoms with Gasteiger partial charge < -0.3 is 25.2 Å². The number of carbonyl (C=O) groups is 3. The molecule has 1 saturated heterocycles. The van der Waals surface area contributed by atoms with Crippen LogP contribution in [0.2, 0.25) is 0 Å². The van der Waals surface area contributed by atoms with Crippen molar-refractivity contribution in [1.82, 2.24) is 4.90 Å². The van der Waals surface area contributed by atoms with Gasteiger partial charge >= 0.3 is 0 Å². The molecule has 0 saturated carbocycles. The van der Waals surface area contributed by atoms with Crippen LogP contribution in [-0.2, 0) is 9.53 Å². The van der Waals surface area contributed by atoms with Gasteiger partial charge in [0.1, 0.15) is 0 Å². The van der Waals surface area contributed by atoms with Crippen molar-refractivity contribution in [1.29, 1.82) is 0 Å². The normalized spacial score (nSPS) is 13.1. The first-order valence-corrected chi connectivity index (χ1v) is 11.5. The van der Waals surface area contributed by atoms with E-state index < -0.39 is 0 Å². The standard InChI is InChI=1S/C27H28N4O4/c1-30(24-8-3-2-4-9-24)26(33)20-10-12-22(13-11-20)29-25(32)19-28-23-7-5-6-21(18-23)27(34)31-14-16-35-17-15-31/h2-13,18,28H,14-17,19H2,1H3,(H,29,32). The maximum atomic E-state index is 12.7. The minimum atomic E-state index is -0.240. The molecule has 0 spiro atoms. The van der Waals surface area contributed by atoms with Crippen molar-refractivity contribution in [3.63, 3.8) is 0 Å². The van der Waals surface area contributed by atoms with Gasteiger partial charge in [0.15, 0.2) is 0 Å². The molecule has 1 heterocycles. The molecule has 3 amide bonds. The Labute approximate surface area is 204 Å².